The van der Waals surface area contributed by atoms with Crippen molar-refractivity contribution in [3.8, 4) is 0 Å². The first-order valence-electron chi connectivity index (χ1n) is 8.37. The molecule has 0 radical (unpaired) electrons. The van der Waals surface area contributed by atoms with Crippen molar-refractivity contribution in [2.24, 2.45) is 5.92 Å². The molecule has 0 aliphatic heterocycles. The third-order valence-electron chi connectivity index (χ3n) is 4.54. The number of fused-ring (bicyclic) bond motifs is 2. The largest absolute Gasteiger partial charge is 0.354 e. The maximum Gasteiger partial charge on any atom is 0.224 e. The molecule has 126 valence electrons. The normalized spacial score (nSPS) is 16.5. The summed E-state index contributed by atoms with van der Waals surface area (Å²) in [6, 6.07) is 2.10. The van der Waals surface area contributed by atoms with Gasteiger partial charge in [-0.2, -0.15) is 4.98 Å². The maximum atomic E-state index is 4.60. The van der Waals surface area contributed by atoms with Gasteiger partial charge in [-0.25, -0.2) is 4.98 Å². The molecular formula is C19H25N5. The van der Waals surface area contributed by atoms with Gasteiger partial charge in [-0.1, -0.05) is 20.8 Å². The van der Waals surface area contributed by atoms with Crippen molar-refractivity contribution < 1.29 is 2.85 Å². The Labute approximate surface area is 144 Å². The van der Waals surface area contributed by atoms with Crippen LogP contribution in [0.4, 0.5) is 5.95 Å². The van der Waals surface area contributed by atoms with Crippen molar-refractivity contribution in [1.82, 2.24) is 19.9 Å². The predicted molar refractivity (Wildman–Crippen MR) is 102 cm³/mol. The molecule has 0 spiro atoms. The summed E-state index contributed by atoms with van der Waals surface area (Å²) in [5, 5.41) is 4.33. The first kappa shape index (κ1) is 14.9. The van der Waals surface area contributed by atoms with E-state index in [4.69, 9.17) is 0 Å². The van der Waals surface area contributed by atoms with Crippen LogP contribution in [0, 0.1) is 5.92 Å². The fraction of sp³-hybridized carbons (Fsp3) is 0.316. The minimum Gasteiger partial charge on any atom is -0.354 e. The summed E-state index contributed by atoms with van der Waals surface area (Å²) in [5.74, 6) is 1.58. The first-order chi connectivity index (χ1) is 11.6. The van der Waals surface area contributed by atoms with Crippen LogP contribution in [0.15, 0.2) is 30.9 Å². The summed E-state index contributed by atoms with van der Waals surface area (Å²) in [5.41, 5.74) is 5.85. The molecule has 5 nitrogen and oxygen atoms in total. The van der Waals surface area contributed by atoms with Crippen LogP contribution in [0.2, 0.25) is 0 Å². The van der Waals surface area contributed by atoms with Crippen molar-refractivity contribution in [2.45, 2.75) is 26.7 Å². The Morgan fingerprint density at radius 2 is 2.21 bits per heavy atom. The average molecular weight is 323 g/mol. The van der Waals surface area contributed by atoms with Gasteiger partial charge < -0.3 is 10.3 Å². The van der Waals surface area contributed by atoms with E-state index in [1.165, 1.54) is 22.3 Å². The number of hydrogen-bond donors (Lipinski definition) is 2. The van der Waals surface area contributed by atoms with E-state index < -0.39 is 0 Å². The molecule has 3 aromatic rings. The van der Waals surface area contributed by atoms with Crippen molar-refractivity contribution in [1.29, 1.82) is 0 Å². The van der Waals surface area contributed by atoms with E-state index in [-0.39, 0.29) is 2.85 Å². The van der Waals surface area contributed by atoms with Crippen LogP contribution in [0.1, 0.15) is 46.2 Å². The summed E-state index contributed by atoms with van der Waals surface area (Å²) < 4.78 is 0. The summed E-state index contributed by atoms with van der Waals surface area (Å²) in [6.45, 7) is 7.43. The third-order valence-corrected chi connectivity index (χ3v) is 4.54. The van der Waals surface area contributed by atoms with Crippen LogP contribution < -0.4 is 5.32 Å². The van der Waals surface area contributed by atoms with Gasteiger partial charge in [0.25, 0.3) is 0 Å². The van der Waals surface area contributed by atoms with Crippen LogP contribution in [0.25, 0.3) is 22.7 Å². The highest BCUT2D eigenvalue weighted by atomic mass is 15.1. The molecule has 1 aliphatic carbocycles. The summed E-state index contributed by atoms with van der Waals surface area (Å²) in [6.07, 6.45) is 9.95. The highest BCUT2D eigenvalue weighted by Gasteiger charge is 2.24. The number of H-pyrrole nitrogens is 1. The lowest BCUT2D eigenvalue weighted by molar-refractivity contribution is 0.685. The van der Waals surface area contributed by atoms with Gasteiger partial charge in [-0.3, -0.25) is 4.98 Å². The standard InChI is InChI=1S/C19H21N5.2H2/c1-11(2)7-22-19-23-10-17-16(9-21-18(17)24-19)15-6-13-8-20-5-4-14(13)12(15)3;;/h4-6,8-12H,7H2,1-3H3,(H2,21,22,23,24);2*1H. The number of pyridine rings is 1. The first-order valence-corrected chi connectivity index (χ1v) is 8.37. The Morgan fingerprint density at radius 3 is 3.00 bits per heavy atom. The molecule has 0 fully saturated rings. The molecule has 24 heavy (non-hydrogen) atoms. The van der Waals surface area contributed by atoms with Gasteiger partial charge in [-0.05, 0) is 34.8 Å². The maximum absolute atomic E-state index is 4.60. The minimum atomic E-state index is 0. The number of anilines is 1. The lowest BCUT2D eigenvalue weighted by Gasteiger charge is -2.10. The van der Waals surface area contributed by atoms with E-state index in [1.807, 2.05) is 24.8 Å². The molecule has 1 aliphatic rings. The number of hydrogen-bond acceptors (Lipinski definition) is 4. The van der Waals surface area contributed by atoms with E-state index >= 15 is 0 Å². The van der Waals surface area contributed by atoms with Gasteiger partial charge in [0, 0.05) is 51.1 Å². The smallest absolute Gasteiger partial charge is 0.224 e. The molecule has 0 bridgehead atoms. The lowest BCUT2D eigenvalue weighted by Crippen LogP contribution is -2.10. The van der Waals surface area contributed by atoms with Crippen LogP contribution in [-0.2, 0) is 0 Å². The van der Waals surface area contributed by atoms with Crippen LogP contribution in [-0.4, -0.2) is 26.5 Å². The zero-order valence-corrected chi connectivity index (χ0v) is 14.2. The van der Waals surface area contributed by atoms with Crippen LogP contribution in [0.3, 0.4) is 0 Å². The van der Waals surface area contributed by atoms with Crippen molar-refractivity contribution in [3.63, 3.8) is 0 Å². The van der Waals surface area contributed by atoms with Crippen LogP contribution in [0.5, 0.6) is 0 Å². The number of allylic oxidation sites excluding steroid dienone is 1. The average Bonchev–Trinajstić information content (AvgIpc) is 3.14. The quantitative estimate of drug-likeness (QED) is 0.738. The van der Waals surface area contributed by atoms with Gasteiger partial charge in [0.1, 0.15) is 5.65 Å². The van der Waals surface area contributed by atoms with Gasteiger partial charge in [0.05, 0.1) is 0 Å². The van der Waals surface area contributed by atoms with E-state index in [0.717, 1.165) is 17.6 Å². The Bertz CT molecular complexity index is 933. The number of nitrogens with one attached hydrogen (secondary N) is 2. The van der Waals surface area contributed by atoms with E-state index in [2.05, 4.69) is 58.2 Å². The Kier molecular flexibility index (Phi) is 3.56. The fourth-order valence-corrected chi connectivity index (χ4v) is 3.23. The molecule has 1 atom stereocenters. The van der Waals surface area contributed by atoms with Gasteiger partial charge in [0.2, 0.25) is 5.95 Å². The number of rotatable bonds is 4. The lowest BCUT2D eigenvalue weighted by atomic mass is 9.94. The van der Waals surface area contributed by atoms with Gasteiger partial charge >= 0.3 is 0 Å². The van der Waals surface area contributed by atoms with Crippen molar-refractivity contribution in [2.75, 3.05) is 11.9 Å². The number of aromatic amines is 1. The second-order valence-electron chi connectivity index (χ2n) is 6.76. The second-order valence-corrected chi connectivity index (χ2v) is 6.76. The Hall–Kier alpha value is -2.69. The highest BCUT2D eigenvalue weighted by molar-refractivity contribution is 6.00. The SMILES string of the molecule is CC(C)CNc1ncc2c(C3=Cc4cnccc4C3C)c[nH]c2n1.[HH].[HH]. The highest BCUT2D eigenvalue weighted by Crippen LogP contribution is 2.42. The zero-order valence-electron chi connectivity index (χ0n) is 14.2. The molecule has 1 unspecified atom stereocenters. The van der Waals surface area contributed by atoms with Crippen LogP contribution >= 0.6 is 0 Å². The zero-order chi connectivity index (χ0) is 16.7. The number of aromatic nitrogens is 4. The third kappa shape index (κ3) is 2.46. The molecule has 3 aromatic heterocycles. The molecule has 0 amide bonds. The topological polar surface area (TPSA) is 66.5 Å². The number of nitrogens with zero attached hydrogens (tertiary/aromatic N) is 3. The predicted octanol–water partition coefficient (Wildman–Crippen LogP) is 4.57. The monoisotopic (exact) mass is 323 g/mol. The second kappa shape index (κ2) is 5.74. The Morgan fingerprint density at radius 1 is 1.33 bits per heavy atom. The minimum absolute atomic E-state index is 0. The van der Waals surface area contributed by atoms with Crippen molar-refractivity contribution in [3.05, 3.63) is 47.5 Å². The summed E-state index contributed by atoms with van der Waals surface area (Å²) >= 11 is 0. The molecule has 4 rings (SSSR count). The molecule has 0 aromatic carbocycles. The summed E-state index contributed by atoms with van der Waals surface area (Å²) in [7, 11) is 0. The van der Waals surface area contributed by atoms with E-state index in [0.29, 0.717) is 17.8 Å². The summed E-state index contributed by atoms with van der Waals surface area (Å²) in [4.78, 5) is 16.6. The molecule has 0 saturated heterocycles. The fourth-order valence-electron chi connectivity index (χ4n) is 3.23. The molecular weight excluding hydrogens is 298 g/mol. The molecule has 5 heteroatoms. The van der Waals surface area contributed by atoms with Gasteiger partial charge in [-0.15, -0.1) is 0 Å². The van der Waals surface area contributed by atoms with E-state index in [9.17, 15) is 0 Å². The molecule has 0 saturated carbocycles. The molecule has 3 heterocycles. The molecule has 2 N–H and O–H groups in total. The van der Waals surface area contributed by atoms with E-state index in [1.54, 1.807) is 0 Å². The van der Waals surface area contributed by atoms with Crippen molar-refractivity contribution >= 4 is 28.6 Å². The Balaban J connectivity index is 0.00000121. The van der Waals surface area contributed by atoms with Gasteiger partial charge in [0.15, 0.2) is 0 Å².